The Morgan fingerprint density at radius 2 is 1.67 bits per heavy atom. The molecular formula is C20H25NO3. The Labute approximate surface area is 143 Å². The molecule has 0 heterocycles. The number of amides is 1. The van der Waals surface area contributed by atoms with Gasteiger partial charge in [-0.1, -0.05) is 44.2 Å². The van der Waals surface area contributed by atoms with Crippen LogP contribution >= 0.6 is 0 Å². The molecule has 0 aliphatic carbocycles. The van der Waals surface area contributed by atoms with Gasteiger partial charge in [-0.3, -0.25) is 4.79 Å². The van der Waals surface area contributed by atoms with Gasteiger partial charge in [-0.15, -0.1) is 0 Å². The van der Waals surface area contributed by atoms with E-state index in [-0.39, 0.29) is 11.3 Å². The van der Waals surface area contributed by atoms with Gasteiger partial charge in [0.2, 0.25) is 5.91 Å². The smallest absolute Gasteiger partial charge is 0.224 e. The molecule has 4 heteroatoms. The minimum absolute atomic E-state index is 0.00812. The normalized spacial score (nSPS) is 11.0. The van der Waals surface area contributed by atoms with E-state index in [2.05, 4.69) is 31.3 Å². The second-order valence-corrected chi connectivity index (χ2v) is 6.37. The maximum Gasteiger partial charge on any atom is 0.224 e. The predicted molar refractivity (Wildman–Crippen MR) is 96.9 cm³/mol. The van der Waals surface area contributed by atoms with Crippen molar-refractivity contribution in [2.45, 2.75) is 32.1 Å². The molecule has 0 aromatic heterocycles. The average molecular weight is 327 g/mol. The molecule has 2 aromatic carbocycles. The highest BCUT2D eigenvalue weighted by Gasteiger charge is 2.21. The third-order valence-electron chi connectivity index (χ3n) is 4.20. The molecule has 0 aliphatic rings. The first-order chi connectivity index (χ1) is 11.5. The quantitative estimate of drug-likeness (QED) is 0.820. The molecule has 0 atom stereocenters. The molecule has 0 aliphatic heterocycles. The van der Waals surface area contributed by atoms with Gasteiger partial charge < -0.3 is 14.8 Å². The Morgan fingerprint density at radius 3 is 2.29 bits per heavy atom. The summed E-state index contributed by atoms with van der Waals surface area (Å²) >= 11 is 0. The summed E-state index contributed by atoms with van der Waals surface area (Å²) in [6, 6.07) is 15.6. The van der Waals surface area contributed by atoms with E-state index >= 15 is 0 Å². The molecule has 0 saturated heterocycles. The van der Waals surface area contributed by atoms with Crippen molar-refractivity contribution >= 4 is 11.6 Å². The van der Waals surface area contributed by atoms with Crippen LogP contribution in [0.1, 0.15) is 32.3 Å². The third-order valence-corrected chi connectivity index (χ3v) is 4.20. The van der Waals surface area contributed by atoms with Crippen LogP contribution in [0.3, 0.4) is 0 Å². The molecule has 0 unspecified atom stereocenters. The van der Waals surface area contributed by atoms with Gasteiger partial charge in [0.15, 0.2) is 11.5 Å². The van der Waals surface area contributed by atoms with Crippen LogP contribution in [0.4, 0.5) is 5.69 Å². The molecule has 2 rings (SSSR count). The first-order valence-corrected chi connectivity index (χ1v) is 8.03. The Balaban J connectivity index is 1.96. The van der Waals surface area contributed by atoms with Crippen molar-refractivity contribution in [2.75, 3.05) is 19.5 Å². The zero-order valence-electron chi connectivity index (χ0n) is 14.8. The number of anilines is 1. The molecule has 128 valence electrons. The van der Waals surface area contributed by atoms with E-state index in [1.807, 2.05) is 24.3 Å². The molecule has 1 amide bonds. The lowest BCUT2D eigenvalue weighted by Crippen LogP contribution is -2.21. The number of hydrogen-bond acceptors (Lipinski definition) is 3. The van der Waals surface area contributed by atoms with Crippen molar-refractivity contribution in [2.24, 2.45) is 0 Å². The zero-order valence-corrected chi connectivity index (χ0v) is 14.8. The van der Waals surface area contributed by atoms with Gasteiger partial charge in [0, 0.05) is 18.2 Å². The highest BCUT2D eigenvalue weighted by molar-refractivity contribution is 5.91. The Bertz CT molecular complexity index is 681. The topological polar surface area (TPSA) is 47.6 Å². The standard InChI is InChI=1S/C20H25NO3/c1-20(2,15-8-6-5-7-9-15)13-12-19(22)21-16-10-11-17(23-3)18(14-16)24-4/h5-11,14H,12-13H2,1-4H3,(H,21,22). The fourth-order valence-corrected chi connectivity index (χ4v) is 2.60. The van der Waals surface area contributed by atoms with Crippen molar-refractivity contribution in [3.63, 3.8) is 0 Å². The van der Waals surface area contributed by atoms with Gasteiger partial charge in [0.25, 0.3) is 0 Å². The van der Waals surface area contributed by atoms with Gasteiger partial charge in [-0.25, -0.2) is 0 Å². The molecular weight excluding hydrogens is 302 g/mol. The SMILES string of the molecule is COc1ccc(NC(=O)CCC(C)(C)c2ccccc2)cc1OC. The summed E-state index contributed by atoms with van der Waals surface area (Å²) in [6.07, 6.45) is 1.23. The van der Waals surface area contributed by atoms with Crippen molar-refractivity contribution < 1.29 is 14.3 Å². The molecule has 24 heavy (non-hydrogen) atoms. The molecule has 1 N–H and O–H groups in total. The predicted octanol–water partition coefficient (Wildman–Crippen LogP) is 4.40. The Morgan fingerprint density at radius 1 is 1.00 bits per heavy atom. The lowest BCUT2D eigenvalue weighted by molar-refractivity contribution is -0.116. The van der Waals surface area contributed by atoms with E-state index in [9.17, 15) is 4.79 Å². The van der Waals surface area contributed by atoms with E-state index in [1.165, 1.54) is 5.56 Å². The number of carbonyl (C=O) groups excluding carboxylic acids is 1. The van der Waals surface area contributed by atoms with Crippen molar-refractivity contribution in [1.82, 2.24) is 0 Å². The summed E-state index contributed by atoms with van der Waals surface area (Å²) in [4.78, 5) is 12.3. The van der Waals surface area contributed by atoms with E-state index in [0.29, 0.717) is 23.6 Å². The number of methoxy groups -OCH3 is 2. The average Bonchev–Trinajstić information content (AvgIpc) is 2.60. The van der Waals surface area contributed by atoms with Gasteiger partial charge >= 0.3 is 0 Å². The third kappa shape index (κ3) is 4.51. The van der Waals surface area contributed by atoms with E-state index < -0.39 is 0 Å². The first-order valence-electron chi connectivity index (χ1n) is 8.03. The van der Waals surface area contributed by atoms with Crippen molar-refractivity contribution in [3.05, 3.63) is 54.1 Å². The van der Waals surface area contributed by atoms with Crippen LogP contribution in [0.5, 0.6) is 11.5 Å². The van der Waals surface area contributed by atoms with Gasteiger partial charge in [0.1, 0.15) is 0 Å². The van der Waals surface area contributed by atoms with Crippen LogP contribution in [-0.4, -0.2) is 20.1 Å². The molecule has 0 spiro atoms. The lowest BCUT2D eigenvalue weighted by atomic mass is 9.80. The fraction of sp³-hybridized carbons (Fsp3) is 0.350. The summed E-state index contributed by atoms with van der Waals surface area (Å²) < 4.78 is 10.5. The summed E-state index contributed by atoms with van der Waals surface area (Å²) in [5, 5.41) is 2.92. The molecule has 0 saturated carbocycles. The second-order valence-electron chi connectivity index (χ2n) is 6.37. The maximum atomic E-state index is 12.3. The fourth-order valence-electron chi connectivity index (χ4n) is 2.60. The molecule has 0 bridgehead atoms. The molecule has 0 radical (unpaired) electrons. The van der Waals surface area contributed by atoms with Gasteiger partial charge in [-0.05, 0) is 29.5 Å². The summed E-state index contributed by atoms with van der Waals surface area (Å²) in [6.45, 7) is 4.32. The lowest BCUT2D eigenvalue weighted by Gasteiger charge is -2.25. The van der Waals surface area contributed by atoms with E-state index in [1.54, 1.807) is 26.4 Å². The summed E-state index contributed by atoms with van der Waals surface area (Å²) in [5.41, 5.74) is 1.90. The van der Waals surface area contributed by atoms with Crippen LogP contribution < -0.4 is 14.8 Å². The van der Waals surface area contributed by atoms with Gasteiger partial charge in [-0.2, -0.15) is 0 Å². The number of carbonyl (C=O) groups is 1. The number of rotatable bonds is 7. The number of benzene rings is 2. The highest BCUT2D eigenvalue weighted by Crippen LogP contribution is 2.31. The minimum Gasteiger partial charge on any atom is -0.493 e. The maximum absolute atomic E-state index is 12.3. The van der Waals surface area contributed by atoms with Crippen LogP contribution in [-0.2, 0) is 10.2 Å². The van der Waals surface area contributed by atoms with Crippen LogP contribution in [0, 0.1) is 0 Å². The highest BCUT2D eigenvalue weighted by atomic mass is 16.5. The van der Waals surface area contributed by atoms with Crippen LogP contribution in [0.15, 0.2) is 48.5 Å². The van der Waals surface area contributed by atoms with Crippen LogP contribution in [0.25, 0.3) is 0 Å². The largest absolute Gasteiger partial charge is 0.493 e. The number of hydrogen-bond donors (Lipinski definition) is 1. The first kappa shape index (κ1) is 17.9. The zero-order chi connectivity index (χ0) is 17.6. The van der Waals surface area contributed by atoms with Crippen LogP contribution in [0.2, 0.25) is 0 Å². The minimum atomic E-state index is -0.0454. The molecule has 2 aromatic rings. The second kappa shape index (κ2) is 7.86. The van der Waals surface area contributed by atoms with Crippen molar-refractivity contribution in [1.29, 1.82) is 0 Å². The molecule has 4 nitrogen and oxygen atoms in total. The van der Waals surface area contributed by atoms with E-state index in [0.717, 1.165) is 6.42 Å². The monoisotopic (exact) mass is 327 g/mol. The van der Waals surface area contributed by atoms with E-state index in [4.69, 9.17) is 9.47 Å². The summed E-state index contributed by atoms with van der Waals surface area (Å²) in [5.74, 6) is 1.23. The number of ether oxygens (including phenoxy) is 2. The Kier molecular flexibility index (Phi) is 5.85. The Hall–Kier alpha value is -2.49. The molecule has 0 fully saturated rings. The van der Waals surface area contributed by atoms with Gasteiger partial charge in [0.05, 0.1) is 14.2 Å². The summed E-state index contributed by atoms with van der Waals surface area (Å²) in [7, 11) is 3.16. The number of nitrogens with one attached hydrogen (secondary N) is 1. The van der Waals surface area contributed by atoms with Crippen molar-refractivity contribution in [3.8, 4) is 11.5 Å².